The molecular formula is C17H23N3O3S. The van der Waals surface area contributed by atoms with Crippen molar-refractivity contribution in [3.63, 3.8) is 0 Å². The van der Waals surface area contributed by atoms with E-state index in [9.17, 15) is 8.42 Å². The van der Waals surface area contributed by atoms with Gasteiger partial charge in [-0.1, -0.05) is 48.3 Å². The molecule has 7 heteroatoms. The largest absolute Gasteiger partial charge is 0.338 e. The lowest BCUT2D eigenvalue weighted by molar-refractivity contribution is 0.320. The molecule has 1 aromatic heterocycles. The fraction of sp³-hybridized carbons (Fsp3) is 0.529. The normalized spacial score (nSPS) is 17.2. The Morgan fingerprint density at radius 2 is 1.96 bits per heavy atom. The number of rotatable bonds is 7. The zero-order chi connectivity index (χ0) is 17.0. The molecule has 1 heterocycles. The Kier molecular flexibility index (Phi) is 5.30. The highest BCUT2D eigenvalue weighted by atomic mass is 32.2. The molecule has 1 fully saturated rings. The maximum Gasteiger partial charge on any atom is 0.240 e. The van der Waals surface area contributed by atoms with E-state index in [-0.39, 0.29) is 17.6 Å². The maximum absolute atomic E-state index is 11.3. The van der Waals surface area contributed by atoms with Crippen LogP contribution in [0.3, 0.4) is 0 Å². The first-order chi connectivity index (χ1) is 11.5. The van der Waals surface area contributed by atoms with Crippen molar-refractivity contribution >= 4 is 9.84 Å². The Hall–Kier alpha value is -1.73. The fourth-order valence-corrected chi connectivity index (χ4v) is 3.95. The van der Waals surface area contributed by atoms with E-state index in [1.807, 2.05) is 6.07 Å². The molecule has 0 amide bonds. The summed E-state index contributed by atoms with van der Waals surface area (Å²) in [4.78, 5) is 4.17. The third kappa shape index (κ3) is 4.64. The summed E-state index contributed by atoms with van der Waals surface area (Å²) >= 11 is 0. The predicted molar refractivity (Wildman–Crippen MR) is 90.8 cm³/mol. The number of hydrogen-bond donors (Lipinski definition) is 1. The van der Waals surface area contributed by atoms with Crippen LogP contribution in [0.4, 0.5) is 0 Å². The van der Waals surface area contributed by atoms with Crippen LogP contribution in [0.15, 0.2) is 34.9 Å². The van der Waals surface area contributed by atoms with E-state index in [1.54, 1.807) is 0 Å². The molecule has 1 aliphatic rings. The second kappa shape index (κ2) is 7.44. The second-order valence-corrected chi connectivity index (χ2v) is 8.63. The molecule has 3 rings (SSSR count). The summed E-state index contributed by atoms with van der Waals surface area (Å²) in [5, 5.41) is 7.27. The minimum atomic E-state index is -3.16. The van der Waals surface area contributed by atoms with Crippen molar-refractivity contribution in [2.75, 3.05) is 6.26 Å². The minimum absolute atomic E-state index is 0.193. The number of nitrogens with one attached hydrogen (secondary N) is 1. The lowest BCUT2D eigenvalue weighted by atomic mass is 9.91. The molecule has 0 radical (unpaired) electrons. The summed E-state index contributed by atoms with van der Waals surface area (Å²) in [7, 11) is -3.16. The highest BCUT2D eigenvalue weighted by Crippen LogP contribution is 2.35. The van der Waals surface area contributed by atoms with Gasteiger partial charge in [-0.25, -0.2) is 8.42 Å². The van der Waals surface area contributed by atoms with Crippen molar-refractivity contribution in [3.05, 3.63) is 47.6 Å². The Morgan fingerprint density at radius 1 is 1.25 bits per heavy atom. The van der Waals surface area contributed by atoms with Crippen LogP contribution in [0.5, 0.6) is 0 Å². The van der Waals surface area contributed by atoms with Gasteiger partial charge in [0.05, 0.1) is 6.54 Å². The molecule has 130 valence electrons. The molecule has 1 aromatic carbocycles. The molecule has 1 aliphatic carbocycles. The van der Waals surface area contributed by atoms with Gasteiger partial charge in [-0.2, -0.15) is 4.98 Å². The third-order valence-corrected chi connectivity index (χ3v) is 5.19. The lowest BCUT2D eigenvalue weighted by Crippen LogP contribution is -2.27. The standard InChI is InChI=1S/C17H23N3O3S/c1-24(21,22)12-15-19-16(23-20-15)11-18-17(14-9-5-6-10-14)13-7-3-2-4-8-13/h2-4,7-8,14,17-18H,5-6,9-12H2,1H3. The Labute approximate surface area is 142 Å². The molecule has 0 spiro atoms. The van der Waals surface area contributed by atoms with Crippen molar-refractivity contribution in [2.45, 2.75) is 44.0 Å². The molecule has 1 atom stereocenters. The number of sulfone groups is 1. The van der Waals surface area contributed by atoms with Crippen molar-refractivity contribution < 1.29 is 12.9 Å². The third-order valence-electron chi connectivity index (χ3n) is 4.40. The van der Waals surface area contributed by atoms with Crippen LogP contribution in [0.25, 0.3) is 0 Å². The Balaban J connectivity index is 1.67. The van der Waals surface area contributed by atoms with Gasteiger partial charge in [-0.05, 0) is 24.3 Å². The van der Waals surface area contributed by atoms with E-state index in [0.29, 0.717) is 18.4 Å². The molecular weight excluding hydrogens is 326 g/mol. The van der Waals surface area contributed by atoms with E-state index in [4.69, 9.17) is 4.52 Å². The van der Waals surface area contributed by atoms with Crippen LogP contribution in [0.2, 0.25) is 0 Å². The average molecular weight is 349 g/mol. The van der Waals surface area contributed by atoms with E-state index in [2.05, 4.69) is 39.7 Å². The van der Waals surface area contributed by atoms with Crippen LogP contribution in [-0.4, -0.2) is 24.8 Å². The average Bonchev–Trinajstić information content (AvgIpc) is 3.19. The predicted octanol–water partition coefficient (Wildman–Crippen LogP) is 2.64. The molecule has 0 bridgehead atoms. The van der Waals surface area contributed by atoms with Gasteiger partial charge in [-0.15, -0.1) is 0 Å². The van der Waals surface area contributed by atoms with E-state index < -0.39 is 9.84 Å². The van der Waals surface area contributed by atoms with Gasteiger partial charge in [0, 0.05) is 12.3 Å². The van der Waals surface area contributed by atoms with Gasteiger partial charge in [0.25, 0.3) is 0 Å². The van der Waals surface area contributed by atoms with Crippen LogP contribution in [0.1, 0.15) is 49.0 Å². The van der Waals surface area contributed by atoms with Gasteiger partial charge in [0.1, 0.15) is 5.75 Å². The van der Waals surface area contributed by atoms with Gasteiger partial charge in [-0.3, -0.25) is 0 Å². The summed E-state index contributed by atoms with van der Waals surface area (Å²) in [6.45, 7) is 0.437. The molecule has 1 N–H and O–H groups in total. The highest BCUT2D eigenvalue weighted by molar-refractivity contribution is 7.89. The quantitative estimate of drug-likeness (QED) is 0.827. The molecule has 1 unspecified atom stereocenters. The molecule has 0 aliphatic heterocycles. The summed E-state index contributed by atoms with van der Waals surface area (Å²) < 4.78 is 27.8. The summed E-state index contributed by atoms with van der Waals surface area (Å²) in [6.07, 6.45) is 6.14. The van der Waals surface area contributed by atoms with E-state index in [1.165, 1.54) is 31.2 Å². The lowest BCUT2D eigenvalue weighted by Gasteiger charge is -2.24. The van der Waals surface area contributed by atoms with Crippen molar-refractivity contribution in [3.8, 4) is 0 Å². The Bertz CT molecular complexity index is 752. The second-order valence-electron chi connectivity index (χ2n) is 6.49. The molecule has 1 saturated carbocycles. The fourth-order valence-electron chi connectivity index (χ4n) is 3.36. The topological polar surface area (TPSA) is 85.1 Å². The van der Waals surface area contributed by atoms with Gasteiger partial charge < -0.3 is 9.84 Å². The van der Waals surface area contributed by atoms with Gasteiger partial charge in [0.15, 0.2) is 15.7 Å². The highest BCUT2D eigenvalue weighted by Gasteiger charge is 2.26. The Morgan fingerprint density at radius 3 is 2.62 bits per heavy atom. The van der Waals surface area contributed by atoms with E-state index >= 15 is 0 Å². The number of hydrogen-bond acceptors (Lipinski definition) is 6. The molecule has 6 nitrogen and oxygen atoms in total. The van der Waals surface area contributed by atoms with Crippen molar-refractivity contribution in [1.82, 2.24) is 15.5 Å². The summed E-state index contributed by atoms with van der Waals surface area (Å²) in [5.41, 5.74) is 1.26. The maximum atomic E-state index is 11.3. The smallest absolute Gasteiger partial charge is 0.240 e. The molecule has 2 aromatic rings. The summed E-state index contributed by atoms with van der Waals surface area (Å²) in [6, 6.07) is 10.6. The molecule has 0 saturated heterocycles. The van der Waals surface area contributed by atoms with Crippen LogP contribution >= 0.6 is 0 Å². The van der Waals surface area contributed by atoms with Crippen molar-refractivity contribution in [1.29, 1.82) is 0 Å². The van der Waals surface area contributed by atoms with Crippen LogP contribution in [-0.2, 0) is 22.1 Å². The molecule has 24 heavy (non-hydrogen) atoms. The number of benzene rings is 1. The first-order valence-electron chi connectivity index (χ1n) is 8.29. The van der Waals surface area contributed by atoms with Gasteiger partial charge >= 0.3 is 0 Å². The summed E-state index contributed by atoms with van der Waals surface area (Å²) in [5.74, 6) is 1.05. The first-order valence-corrected chi connectivity index (χ1v) is 10.3. The monoisotopic (exact) mass is 349 g/mol. The van der Waals surface area contributed by atoms with Gasteiger partial charge in [0.2, 0.25) is 5.89 Å². The van der Waals surface area contributed by atoms with Crippen molar-refractivity contribution in [2.24, 2.45) is 5.92 Å². The van der Waals surface area contributed by atoms with Crippen LogP contribution < -0.4 is 5.32 Å². The number of aromatic nitrogens is 2. The van der Waals surface area contributed by atoms with Crippen LogP contribution in [0, 0.1) is 5.92 Å². The zero-order valence-electron chi connectivity index (χ0n) is 13.8. The first kappa shape index (κ1) is 17.1. The minimum Gasteiger partial charge on any atom is -0.338 e. The zero-order valence-corrected chi connectivity index (χ0v) is 14.6. The van der Waals surface area contributed by atoms with E-state index in [0.717, 1.165) is 6.26 Å². The number of nitrogens with zero attached hydrogens (tertiary/aromatic N) is 2. The SMILES string of the molecule is CS(=O)(=O)Cc1noc(CNC(c2ccccc2)C2CCCC2)n1.